The molecule has 1 amide bonds. The number of carbonyl (C=O) groups is 1. The van der Waals surface area contributed by atoms with Crippen molar-refractivity contribution in [1.29, 1.82) is 0 Å². The largest absolute Gasteiger partial charge is 0.372 e. The summed E-state index contributed by atoms with van der Waals surface area (Å²) in [5.74, 6) is -0.186. The molecule has 2 aromatic carbocycles. The SMILES string of the molecule is Cc1ccc2[nH]nc(C(=O)Nc3ccc(N4CCCC4)cc3C)c2c1. The van der Waals surface area contributed by atoms with Crippen molar-refractivity contribution in [2.45, 2.75) is 26.7 Å². The number of anilines is 2. The Labute approximate surface area is 147 Å². The Hall–Kier alpha value is -2.82. The highest BCUT2D eigenvalue weighted by Crippen LogP contribution is 2.26. The fourth-order valence-corrected chi connectivity index (χ4v) is 3.44. The van der Waals surface area contributed by atoms with E-state index in [0.29, 0.717) is 5.69 Å². The van der Waals surface area contributed by atoms with E-state index in [1.54, 1.807) is 0 Å². The maximum absolute atomic E-state index is 12.7. The number of benzene rings is 2. The first-order chi connectivity index (χ1) is 12.1. The van der Waals surface area contributed by atoms with E-state index in [4.69, 9.17) is 0 Å². The van der Waals surface area contributed by atoms with Crippen LogP contribution in [0.2, 0.25) is 0 Å². The minimum Gasteiger partial charge on any atom is -0.372 e. The lowest BCUT2D eigenvalue weighted by molar-refractivity contribution is 0.102. The fraction of sp³-hybridized carbons (Fsp3) is 0.300. The molecule has 1 aromatic heterocycles. The molecule has 2 N–H and O–H groups in total. The Morgan fingerprint density at radius 1 is 1.12 bits per heavy atom. The molecule has 1 fully saturated rings. The standard InChI is InChI=1S/C20H22N4O/c1-13-5-7-18-16(11-13)19(23-22-18)20(25)21-17-8-6-15(12-14(17)2)24-9-3-4-10-24/h5-8,11-12H,3-4,9-10H2,1-2H3,(H,21,25)(H,22,23). The summed E-state index contributed by atoms with van der Waals surface area (Å²) in [6, 6.07) is 12.2. The molecule has 0 spiro atoms. The maximum atomic E-state index is 12.7. The molecule has 1 aliphatic heterocycles. The molecule has 0 aliphatic carbocycles. The average molecular weight is 334 g/mol. The van der Waals surface area contributed by atoms with Gasteiger partial charge >= 0.3 is 0 Å². The molecule has 4 rings (SSSR count). The van der Waals surface area contributed by atoms with Crippen LogP contribution in [-0.2, 0) is 0 Å². The van der Waals surface area contributed by atoms with Crippen molar-refractivity contribution in [1.82, 2.24) is 10.2 Å². The third-order valence-corrected chi connectivity index (χ3v) is 4.86. The van der Waals surface area contributed by atoms with Crippen molar-refractivity contribution in [2.24, 2.45) is 0 Å². The van der Waals surface area contributed by atoms with Crippen LogP contribution in [0.25, 0.3) is 10.9 Å². The number of aromatic nitrogens is 2. The van der Waals surface area contributed by atoms with Gasteiger partial charge in [-0.2, -0.15) is 5.10 Å². The summed E-state index contributed by atoms with van der Waals surface area (Å²) >= 11 is 0. The Bertz CT molecular complexity index is 938. The second kappa shape index (κ2) is 6.24. The van der Waals surface area contributed by atoms with Crippen LogP contribution in [0.3, 0.4) is 0 Å². The van der Waals surface area contributed by atoms with Gasteiger partial charge in [-0.1, -0.05) is 11.6 Å². The van der Waals surface area contributed by atoms with Crippen LogP contribution in [0.1, 0.15) is 34.5 Å². The summed E-state index contributed by atoms with van der Waals surface area (Å²) in [5, 5.41) is 11.0. The summed E-state index contributed by atoms with van der Waals surface area (Å²) < 4.78 is 0. The van der Waals surface area contributed by atoms with Gasteiger partial charge in [-0.3, -0.25) is 9.89 Å². The molecule has 0 unspecified atom stereocenters. The predicted octanol–water partition coefficient (Wildman–Crippen LogP) is 4.03. The van der Waals surface area contributed by atoms with E-state index in [0.717, 1.165) is 40.8 Å². The highest BCUT2D eigenvalue weighted by atomic mass is 16.1. The molecule has 0 atom stereocenters. The number of H-pyrrole nitrogens is 1. The lowest BCUT2D eigenvalue weighted by Crippen LogP contribution is -2.18. The van der Waals surface area contributed by atoms with Gasteiger partial charge in [-0.05, 0) is 62.6 Å². The van der Waals surface area contributed by atoms with Gasteiger partial charge in [0, 0.05) is 29.9 Å². The molecular formula is C20H22N4O. The maximum Gasteiger partial charge on any atom is 0.276 e. The Balaban J connectivity index is 1.58. The molecule has 0 bridgehead atoms. The summed E-state index contributed by atoms with van der Waals surface area (Å²) in [7, 11) is 0. The fourth-order valence-electron chi connectivity index (χ4n) is 3.44. The molecule has 5 heteroatoms. The first-order valence-electron chi connectivity index (χ1n) is 8.73. The summed E-state index contributed by atoms with van der Waals surface area (Å²) in [6.07, 6.45) is 2.51. The quantitative estimate of drug-likeness (QED) is 0.760. The van der Waals surface area contributed by atoms with Crippen LogP contribution in [0.15, 0.2) is 36.4 Å². The Morgan fingerprint density at radius 2 is 1.92 bits per heavy atom. The zero-order valence-corrected chi connectivity index (χ0v) is 14.6. The molecule has 128 valence electrons. The van der Waals surface area contributed by atoms with Crippen molar-refractivity contribution >= 4 is 28.2 Å². The molecule has 25 heavy (non-hydrogen) atoms. The minimum atomic E-state index is -0.186. The Kier molecular flexibility index (Phi) is 3.92. The third kappa shape index (κ3) is 2.97. The predicted molar refractivity (Wildman–Crippen MR) is 101 cm³/mol. The Morgan fingerprint density at radius 3 is 2.68 bits per heavy atom. The van der Waals surface area contributed by atoms with Crippen molar-refractivity contribution in [2.75, 3.05) is 23.3 Å². The second-order valence-corrected chi connectivity index (χ2v) is 6.77. The summed E-state index contributed by atoms with van der Waals surface area (Å²) in [4.78, 5) is 15.1. The summed E-state index contributed by atoms with van der Waals surface area (Å²) in [6.45, 7) is 6.27. The van der Waals surface area contributed by atoms with E-state index < -0.39 is 0 Å². The molecule has 3 aromatic rings. The number of aromatic amines is 1. The molecule has 1 aliphatic rings. The van der Waals surface area contributed by atoms with Crippen LogP contribution in [0, 0.1) is 13.8 Å². The van der Waals surface area contributed by atoms with E-state index in [1.807, 2.05) is 38.1 Å². The van der Waals surface area contributed by atoms with Crippen LogP contribution in [-0.4, -0.2) is 29.2 Å². The van der Waals surface area contributed by atoms with Crippen LogP contribution in [0.5, 0.6) is 0 Å². The smallest absolute Gasteiger partial charge is 0.276 e. The van der Waals surface area contributed by atoms with Crippen LogP contribution >= 0.6 is 0 Å². The highest BCUT2D eigenvalue weighted by molar-refractivity contribution is 6.11. The number of hydrogen-bond acceptors (Lipinski definition) is 3. The van der Waals surface area contributed by atoms with Crippen molar-refractivity contribution in [3.63, 3.8) is 0 Å². The lowest BCUT2D eigenvalue weighted by Gasteiger charge is -2.19. The first kappa shape index (κ1) is 15.7. The van der Waals surface area contributed by atoms with Gasteiger partial charge < -0.3 is 10.2 Å². The minimum absolute atomic E-state index is 0.186. The van der Waals surface area contributed by atoms with Crippen LogP contribution in [0.4, 0.5) is 11.4 Å². The normalized spacial score (nSPS) is 14.2. The number of fused-ring (bicyclic) bond motifs is 1. The molecule has 0 radical (unpaired) electrons. The van der Waals surface area contributed by atoms with E-state index in [2.05, 4.69) is 32.5 Å². The van der Waals surface area contributed by atoms with E-state index in [1.165, 1.54) is 18.5 Å². The monoisotopic (exact) mass is 334 g/mol. The van der Waals surface area contributed by atoms with E-state index in [9.17, 15) is 4.79 Å². The van der Waals surface area contributed by atoms with Gasteiger partial charge in [-0.25, -0.2) is 0 Å². The van der Waals surface area contributed by atoms with Gasteiger partial charge in [0.15, 0.2) is 5.69 Å². The molecule has 1 saturated heterocycles. The van der Waals surface area contributed by atoms with E-state index >= 15 is 0 Å². The van der Waals surface area contributed by atoms with Gasteiger partial charge in [0.25, 0.3) is 5.91 Å². The zero-order valence-electron chi connectivity index (χ0n) is 14.6. The van der Waals surface area contributed by atoms with Crippen molar-refractivity contribution in [3.05, 3.63) is 53.2 Å². The van der Waals surface area contributed by atoms with Gasteiger partial charge in [-0.15, -0.1) is 0 Å². The number of nitrogens with zero attached hydrogens (tertiary/aromatic N) is 2. The molecule has 5 nitrogen and oxygen atoms in total. The highest BCUT2D eigenvalue weighted by Gasteiger charge is 2.17. The van der Waals surface area contributed by atoms with E-state index in [-0.39, 0.29) is 5.91 Å². The summed E-state index contributed by atoms with van der Waals surface area (Å²) in [5.41, 5.74) is 5.53. The topological polar surface area (TPSA) is 61.0 Å². The molecule has 2 heterocycles. The lowest BCUT2D eigenvalue weighted by atomic mass is 10.1. The number of rotatable bonds is 3. The number of carbonyl (C=O) groups excluding carboxylic acids is 1. The van der Waals surface area contributed by atoms with Gasteiger partial charge in [0.05, 0.1) is 5.52 Å². The zero-order chi connectivity index (χ0) is 17.4. The molecule has 0 saturated carbocycles. The number of amides is 1. The number of hydrogen-bond donors (Lipinski definition) is 2. The van der Waals surface area contributed by atoms with Gasteiger partial charge in [0.1, 0.15) is 0 Å². The van der Waals surface area contributed by atoms with Crippen molar-refractivity contribution < 1.29 is 4.79 Å². The van der Waals surface area contributed by atoms with Crippen molar-refractivity contribution in [3.8, 4) is 0 Å². The van der Waals surface area contributed by atoms with Crippen LogP contribution < -0.4 is 10.2 Å². The first-order valence-corrected chi connectivity index (χ1v) is 8.73. The number of nitrogens with one attached hydrogen (secondary N) is 2. The third-order valence-electron chi connectivity index (χ3n) is 4.86. The number of aryl methyl sites for hydroxylation is 2. The average Bonchev–Trinajstić information content (AvgIpc) is 3.25. The second-order valence-electron chi connectivity index (χ2n) is 6.77. The molecular weight excluding hydrogens is 312 g/mol. The van der Waals surface area contributed by atoms with Gasteiger partial charge in [0.2, 0.25) is 0 Å².